The van der Waals surface area contributed by atoms with Crippen LogP contribution in [-0.2, 0) is 4.79 Å². The Balaban J connectivity index is 2.01. The first kappa shape index (κ1) is 17.0. The van der Waals surface area contributed by atoms with Crippen molar-refractivity contribution in [2.45, 2.75) is 5.16 Å². The Kier molecular flexibility index (Phi) is 6.04. The van der Waals surface area contributed by atoms with E-state index in [1.54, 1.807) is 19.2 Å². The van der Waals surface area contributed by atoms with Gasteiger partial charge in [-0.3, -0.25) is 9.59 Å². The van der Waals surface area contributed by atoms with Crippen molar-refractivity contribution in [2.75, 3.05) is 18.2 Å². The lowest BCUT2D eigenvalue weighted by atomic mass is 10.3. The molecule has 0 fully saturated rings. The monoisotopic (exact) mass is 447 g/mol. The van der Waals surface area contributed by atoms with Crippen LogP contribution in [0.5, 0.6) is 5.75 Å². The highest BCUT2D eigenvalue weighted by Gasteiger charge is 2.11. The van der Waals surface area contributed by atoms with E-state index in [4.69, 9.17) is 4.74 Å². The summed E-state index contributed by atoms with van der Waals surface area (Å²) in [5, 5.41) is 3.17. The second-order valence-electron chi connectivity index (χ2n) is 4.04. The van der Waals surface area contributed by atoms with Gasteiger partial charge >= 0.3 is 0 Å². The van der Waals surface area contributed by atoms with Crippen molar-refractivity contribution in [1.82, 2.24) is 9.97 Å². The van der Waals surface area contributed by atoms with Gasteiger partial charge in [-0.1, -0.05) is 11.8 Å². The van der Waals surface area contributed by atoms with Crippen molar-refractivity contribution in [3.8, 4) is 5.75 Å². The van der Waals surface area contributed by atoms with Crippen molar-refractivity contribution in [2.24, 2.45) is 0 Å². The summed E-state index contributed by atoms with van der Waals surface area (Å²) in [6.45, 7) is 0. The number of ether oxygens (including phenoxy) is 1. The molecule has 0 aliphatic rings. The molecule has 116 valence electrons. The van der Waals surface area contributed by atoms with Crippen LogP contribution in [0.15, 0.2) is 43.3 Å². The molecule has 0 aliphatic carbocycles. The third-order valence-electron chi connectivity index (χ3n) is 2.50. The number of aromatic amines is 1. The predicted molar refractivity (Wildman–Crippen MR) is 92.6 cm³/mol. The third-order valence-corrected chi connectivity index (χ3v) is 4.67. The maximum absolute atomic E-state index is 12.0. The molecule has 0 spiro atoms. The van der Waals surface area contributed by atoms with E-state index in [2.05, 4.69) is 47.1 Å². The Morgan fingerprint density at radius 1 is 1.41 bits per heavy atom. The normalized spacial score (nSPS) is 10.3. The highest BCUT2D eigenvalue weighted by Crippen LogP contribution is 2.34. The summed E-state index contributed by atoms with van der Waals surface area (Å²) in [4.78, 5) is 29.6. The Morgan fingerprint density at radius 2 is 2.18 bits per heavy atom. The van der Waals surface area contributed by atoms with Crippen LogP contribution in [0.25, 0.3) is 0 Å². The molecule has 2 N–H and O–H groups in total. The SMILES string of the molecule is COc1cc(NC(=O)CSc2nccc(=O)[nH]2)c(Br)cc1Br. The van der Waals surface area contributed by atoms with Gasteiger partial charge in [0.05, 0.1) is 23.0 Å². The van der Waals surface area contributed by atoms with Crippen molar-refractivity contribution in [3.05, 3.63) is 43.7 Å². The van der Waals surface area contributed by atoms with E-state index in [-0.39, 0.29) is 17.2 Å². The molecule has 0 saturated heterocycles. The number of carbonyl (C=O) groups excluding carboxylic acids is 1. The van der Waals surface area contributed by atoms with Crippen LogP contribution in [0, 0.1) is 0 Å². The molecule has 2 rings (SSSR count). The summed E-state index contributed by atoms with van der Waals surface area (Å²) >= 11 is 7.89. The van der Waals surface area contributed by atoms with Crippen LogP contribution >= 0.6 is 43.6 Å². The van der Waals surface area contributed by atoms with Crippen LogP contribution in [0.2, 0.25) is 0 Å². The van der Waals surface area contributed by atoms with Gasteiger partial charge in [-0.25, -0.2) is 4.98 Å². The summed E-state index contributed by atoms with van der Waals surface area (Å²) in [5.74, 6) is 0.513. The fourth-order valence-electron chi connectivity index (χ4n) is 1.53. The number of methoxy groups -OCH3 is 1. The van der Waals surface area contributed by atoms with E-state index in [1.807, 2.05) is 0 Å². The largest absolute Gasteiger partial charge is 0.495 e. The molecule has 0 saturated carbocycles. The van der Waals surface area contributed by atoms with Crippen LogP contribution in [-0.4, -0.2) is 28.7 Å². The van der Waals surface area contributed by atoms with Crippen molar-refractivity contribution >= 4 is 55.2 Å². The van der Waals surface area contributed by atoms with Crippen LogP contribution in [0.1, 0.15) is 0 Å². The molecular formula is C13H11Br2N3O3S. The Morgan fingerprint density at radius 3 is 2.86 bits per heavy atom. The molecule has 0 radical (unpaired) electrons. The maximum atomic E-state index is 12.0. The fraction of sp³-hybridized carbons (Fsp3) is 0.154. The standard InChI is InChI=1S/C13H11Br2N3O3S/c1-21-10-5-9(7(14)4-8(10)15)17-12(20)6-22-13-16-3-2-11(19)18-13/h2-5H,6H2,1H3,(H,17,20)(H,16,18,19). The zero-order chi connectivity index (χ0) is 16.1. The van der Waals surface area contributed by atoms with Crippen LogP contribution in [0.3, 0.4) is 0 Å². The van der Waals surface area contributed by atoms with Gasteiger partial charge in [0.15, 0.2) is 5.16 Å². The fourth-order valence-corrected chi connectivity index (χ4v) is 3.43. The van der Waals surface area contributed by atoms with E-state index in [0.29, 0.717) is 16.6 Å². The minimum Gasteiger partial charge on any atom is -0.495 e. The molecule has 0 unspecified atom stereocenters. The summed E-state index contributed by atoms with van der Waals surface area (Å²) in [5.41, 5.74) is 0.346. The molecule has 22 heavy (non-hydrogen) atoms. The van der Waals surface area contributed by atoms with Gasteiger partial charge in [-0.05, 0) is 37.9 Å². The van der Waals surface area contributed by atoms with Gasteiger partial charge in [-0.2, -0.15) is 0 Å². The molecule has 6 nitrogen and oxygen atoms in total. The quantitative estimate of drug-likeness (QED) is 0.542. The number of hydrogen-bond acceptors (Lipinski definition) is 5. The predicted octanol–water partition coefficient (Wildman–Crippen LogP) is 3.03. The summed E-state index contributed by atoms with van der Waals surface area (Å²) in [6.07, 6.45) is 1.40. The van der Waals surface area contributed by atoms with E-state index in [0.717, 1.165) is 20.7 Å². The number of aromatic nitrogens is 2. The Labute approximate surface area is 147 Å². The van der Waals surface area contributed by atoms with E-state index >= 15 is 0 Å². The number of H-pyrrole nitrogens is 1. The van der Waals surface area contributed by atoms with Gasteiger partial charge < -0.3 is 15.0 Å². The number of thioether (sulfide) groups is 1. The lowest BCUT2D eigenvalue weighted by Crippen LogP contribution is -2.15. The van der Waals surface area contributed by atoms with Crippen LogP contribution < -0.4 is 15.6 Å². The lowest BCUT2D eigenvalue weighted by molar-refractivity contribution is -0.113. The van der Waals surface area contributed by atoms with E-state index in [1.165, 1.54) is 12.3 Å². The third kappa shape index (κ3) is 4.59. The number of carbonyl (C=O) groups is 1. The molecule has 1 heterocycles. The lowest BCUT2D eigenvalue weighted by Gasteiger charge is -2.10. The highest BCUT2D eigenvalue weighted by molar-refractivity contribution is 9.11. The zero-order valence-electron chi connectivity index (χ0n) is 11.4. The van der Waals surface area contributed by atoms with Crippen LogP contribution in [0.4, 0.5) is 5.69 Å². The van der Waals surface area contributed by atoms with E-state index < -0.39 is 0 Å². The number of anilines is 1. The van der Waals surface area contributed by atoms with Gasteiger partial charge in [0.2, 0.25) is 5.91 Å². The molecular weight excluding hydrogens is 438 g/mol. The molecule has 0 bridgehead atoms. The van der Waals surface area contributed by atoms with Gasteiger partial charge in [0.1, 0.15) is 5.75 Å². The number of halogens is 2. The number of nitrogens with zero attached hydrogens (tertiary/aromatic N) is 1. The highest BCUT2D eigenvalue weighted by atomic mass is 79.9. The summed E-state index contributed by atoms with van der Waals surface area (Å²) in [6, 6.07) is 4.81. The Bertz CT molecular complexity index is 752. The first-order valence-electron chi connectivity index (χ1n) is 6.00. The molecule has 9 heteroatoms. The van der Waals surface area contributed by atoms with Gasteiger partial charge in [-0.15, -0.1) is 0 Å². The molecule has 1 aromatic carbocycles. The summed E-state index contributed by atoms with van der Waals surface area (Å²) < 4.78 is 6.70. The topological polar surface area (TPSA) is 84.1 Å². The number of nitrogens with one attached hydrogen (secondary N) is 2. The van der Waals surface area contributed by atoms with Crippen molar-refractivity contribution in [1.29, 1.82) is 0 Å². The van der Waals surface area contributed by atoms with Gasteiger partial charge in [0.25, 0.3) is 5.56 Å². The average Bonchev–Trinajstić information content (AvgIpc) is 2.48. The number of hydrogen-bond donors (Lipinski definition) is 2. The molecule has 1 aromatic heterocycles. The molecule has 0 aliphatic heterocycles. The molecule has 1 amide bonds. The minimum atomic E-state index is -0.252. The number of rotatable bonds is 5. The zero-order valence-corrected chi connectivity index (χ0v) is 15.3. The average molecular weight is 449 g/mol. The summed E-state index contributed by atoms with van der Waals surface area (Å²) in [7, 11) is 1.55. The number of amides is 1. The second-order valence-corrected chi connectivity index (χ2v) is 6.72. The first-order chi connectivity index (χ1) is 10.5. The van der Waals surface area contributed by atoms with Crippen molar-refractivity contribution in [3.63, 3.8) is 0 Å². The Hall–Kier alpha value is -1.32. The smallest absolute Gasteiger partial charge is 0.251 e. The van der Waals surface area contributed by atoms with Crippen molar-refractivity contribution < 1.29 is 9.53 Å². The molecule has 0 atom stereocenters. The molecule has 2 aromatic rings. The number of benzene rings is 1. The second kappa shape index (κ2) is 7.80. The first-order valence-corrected chi connectivity index (χ1v) is 8.58. The van der Waals surface area contributed by atoms with Gasteiger partial charge in [0, 0.05) is 22.8 Å². The van der Waals surface area contributed by atoms with E-state index in [9.17, 15) is 9.59 Å². The maximum Gasteiger partial charge on any atom is 0.251 e. The minimum absolute atomic E-state index is 0.123.